The molecule has 0 radical (unpaired) electrons. The van der Waals surface area contributed by atoms with Crippen molar-refractivity contribution in [3.63, 3.8) is 0 Å². The van der Waals surface area contributed by atoms with Crippen LogP contribution in [0.15, 0.2) is 58.3 Å². The second kappa shape index (κ2) is 8.72. The monoisotopic (exact) mass is 456 g/mol. The summed E-state index contributed by atoms with van der Waals surface area (Å²) >= 11 is 0. The van der Waals surface area contributed by atoms with Crippen molar-refractivity contribution in [2.45, 2.75) is 36.1 Å². The van der Waals surface area contributed by atoms with E-state index in [1.54, 1.807) is 6.92 Å². The van der Waals surface area contributed by atoms with Gasteiger partial charge in [0.2, 0.25) is 10.0 Å². The summed E-state index contributed by atoms with van der Waals surface area (Å²) in [5, 5.41) is 8.92. The molecule has 0 saturated heterocycles. The van der Waals surface area contributed by atoms with E-state index in [2.05, 4.69) is 0 Å². The van der Waals surface area contributed by atoms with Gasteiger partial charge in [0.15, 0.2) is 9.84 Å². The molecule has 0 atom stereocenters. The Bertz CT molecular complexity index is 1110. The lowest BCUT2D eigenvalue weighted by molar-refractivity contribution is -0.137. The van der Waals surface area contributed by atoms with E-state index in [1.165, 1.54) is 67.9 Å². The van der Waals surface area contributed by atoms with Crippen molar-refractivity contribution in [3.8, 4) is 11.5 Å². The Morgan fingerprint density at radius 1 is 0.967 bits per heavy atom. The molecule has 0 spiro atoms. The summed E-state index contributed by atoms with van der Waals surface area (Å²) in [6, 6.07) is 11.4. The predicted molar refractivity (Wildman–Crippen MR) is 110 cm³/mol. The van der Waals surface area contributed by atoms with Crippen molar-refractivity contribution in [1.29, 1.82) is 0 Å². The second-order valence-corrected chi connectivity index (χ2v) is 10.9. The first-order valence-corrected chi connectivity index (χ1v) is 12.2. The quantitative estimate of drug-likeness (QED) is 0.460. The highest BCUT2D eigenvalue weighted by Gasteiger charge is 2.41. The zero-order valence-electron chi connectivity index (χ0n) is 17.0. The van der Waals surface area contributed by atoms with Gasteiger partial charge in [-0.2, -0.15) is 4.31 Å². The molecule has 2 rings (SSSR count). The molecule has 0 saturated carbocycles. The summed E-state index contributed by atoms with van der Waals surface area (Å²) < 4.78 is 55.6. The van der Waals surface area contributed by atoms with E-state index in [9.17, 15) is 21.6 Å². The number of nitrogens with one attached hydrogen (secondary N) is 1. The van der Waals surface area contributed by atoms with Crippen LogP contribution in [-0.2, 0) is 24.7 Å². The van der Waals surface area contributed by atoms with Gasteiger partial charge < -0.3 is 4.74 Å². The van der Waals surface area contributed by atoms with Gasteiger partial charge in [-0.05, 0) is 62.4 Å². The molecule has 0 bridgehead atoms. The molecule has 2 aromatic carbocycles. The summed E-state index contributed by atoms with van der Waals surface area (Å²) in [6.07, 6.45) is 1.10. The summed E-state index contributed by atoms with van der Waals surface area (Å²) in [7, 11) is -7.35. The smallest absolute Gasteiger partial charge is 0.264 e. The average Bonchev–Trinajstić information content (AvgIpc) is 2.67. The number of benzene rings is 2. The van der Waals surface area contributed by atoms with E-state index < -0.39 is 31.3 Å². The minimum atomic E-state index is -4.04. The maximum atomic E-state index is 13.0. The third-order valence-corrected chi connectivity index (χ3v) is 7.76. The zero-order chi connectivity index (χ0) is 22.7. The highest BCUT2D eigenvalue weighted by Crippen LogP contribution is 2.28. The third-order valence-electron chi connectivity index (χ3n) is 4.47. The van der Waals surface area contributed by atoms with Gasteiger partial charge in [0.05, 0.1) is 9.79 Å². The van der Waals surface area contributed by atoms with Crippen LogP contribution in [0.2, 0.25) is 0 Å². The van der Waals surface area contributed by atoms with Crippen molar-refractivity contribution in [2.75, 3.05) is 12.8 Å². The first-order chi connectivity index (χ1) is 13.8. The minimum Gasteiger partial charge on any atom is -0.457 e. The zero-order valence-corrected chi connectivity index (χ0v) is 18.6. The number of sulfone groups is 1. The number of nitrogens with zero attached hydrogens (tertiary/aromatic N) is 1. The molecule has 164 valence electrons. The van der Waals surface area contributed by atoms with Crippen LogP contribution in [0.4, 0.5) is 0 Å². The molecule has 0 unspecified atom stereocenters. The van der Waals surface area contributed by atoms with Gasteiger partial charge in [-0.3, -0.25) is 10.0 Å². The first kappa shape index (κ1) is 23.8. The number of rotatable bonds is 8. The van der Waals surface area contributed by atoms with Gasteiger partial charge in [0, 0.05) is 12.8 Å². The molecule has 30 heavy (non-hydrogen) atoms. The van der Waals surface area contributed by atoms with Gasteiger partial charge in [-0.25, -0.2) is 22.3 Å². The maximum absolute atomic E-state index is 13.0. The second-order valence-electron chi connectivity index (χ2n) is 6.99. The van der Waals surface area contributed by atoms with E-state index in [4.69, 9.17) is 9.94 Å². The molecule has 1 amide bonds. The number of hydroxylamine groups is 1. The summed E-state index contributed by atoms with van der Waals surface area (Å²) in [5.74, 6) is -0.129. The Morgan fingerprint density at radius 2 is 1.40 bits per heavy atom. The highest BCUT2D eigenvalue weighted by atomic mass is 32.2. The largest absolute Gasteiger partial charge is 0.457 e. The van der Waals surface area contributed by atoms with Crippen LogP contribution in [0.25, 0.3) is 0 Å². The van der Waals surface area contributed by atoms with Crippen molar-refractivity contribution in [3.05, 3.63) is 48.5 Å². The van der Waals surface area contributed by atoms with Gasteiger partial charge in [-0.15, -0.1) is 0 Å². The van der Waals surface area contributed by atoms with Crippen molar-refractivity contribution in [1.82, 2.24) is 9.79 Å². The van der Waals surface area contributed by atoms with Gasteiger partial charge in [-0.1, -0.05) is 6.92 Å². The number of hydrogen-bond acceptors (Lipinski definition) is 7. The topological polar surface area (TPSA) is 130 Å². The van der Waals surface area contributed by atoms with E-state index >= 15 is 0 Å². The van der Waals surface area contributed by atoms with E-state index in [-0.39, 0.29) is 16.3 Å². The molecule has 0 fully saturated rings. The Labute approximate surface area is 176 Å². The molecule has 0 heterocycles. The molecule has 0 aliphatic heterocycles. The van der Waals surface area contributed by atoms with Gasteiger partial charge in [0.25, 0.3) is 5.91 Å². The van der Waals surface area contributed by atoms with Gasteiger partial charge in [0.1, 0.15) is 17.0 Å². The lowest BCUT2D eigenvalue weighted by Crippen LogP contribution is -2.56. The average molecular weight is 457 g/mol. The van der Waals surface area contributed by atoms with Crippen LogP contribution in [0.5, 0.6) is 11.5 Å². The van der Waals surface area contributed by atoms with E-state index in [0.29, 0.717) is 11.5 Å². The summed E-state index contributed by atoms with van der Waals surface area (Å²) in [6.45, 7) is 4.36. The molecule has 2 aromatic rings. The van der Waals surface area contributed by atoms with E-state index in [0.717, 1.165) is 10.6 Å². The van der Waals surface area contributed by atoms with Crippen molar-refractivity contribution >= 4 is 25.8 Å². The van der Waals surface area contributed by atoms with Crippen molar-refractivity contribution in [2.24, 2.45) is 0 Å². The molecule has 0 aromatic heterocycles. The van der Waals surface area contributed by atoms with Crippen LogP contribution >= 0.6 is 0 Å². The Hall–Kier alpha value is -2.47. The molecule has 11 heteroatoms. The fraction of sp³-hybridized carbons (Fsp3) is 0.316. The lowest BCUT2D eigenvalue weighted by Gasteiger charge is -2.34. The van der Waals surface area contributed by atoms with Crippen LogP contribution in [0.1, 0.15) is 20.8 Å². The highest BCUT2D eigenvalue weighted by molar-refractivity contribution is 7.90. The molecule has 2 N–H and O–H groups in total. The molecular formula is C19H24N2O7S2. The fourth-order valence-electron chi connectivity index (χ4n) is 2.81. The SMILES string of the molecule is CCN(C(C)(C)C(=O)NO)S(=O)(=O)c1ccc(Oc2ccc(S(C)(=O)=O)cc2)cc1. The van der Waals surface area contributed by atoms with Crippen LogP contribution in [-0.4, -0.2) is 50.6 Å². The van der Waals surface area contributed by atoms with Crippen molar-refractivity contribution < 1.29 is 31.6 Å². The Kier molecular flexibility index (Phi) is 6.92. The number of hydrogen-bond donors (Lipinski definition) is 2. The van der Waals surface area contributed by atoms with Crippen LogP contribution in [0.3, 0.4) is 0 Å². The molecule has 0 aliphatic carbocycles. The fourth-order valence-corrected chi connectivity index (χ4v) is 5.20. The first-order valence-electron chi connectivity index (χ1n) is 8.89. The molecular weight excluding hydrogens is 432 g/mol. The lowest BCUT2D eigenvalue weighted by atomic mass is 10.1. The third kappa shape index (κ3) is 4.98. The standard InChI is InChI=1S/C19H24N2O7S2/c1-5-21(19(2,3)18(22)20-23)30(26,27)17-12-8-15(9-13-17)28-14-6-10-16(11-7-14)29(4,24)25/h6-13,23H,5H2,1-4H3,(H,20,22). The number of amides is 1. The number of carbonyl (C=O) groups is 1. The number of likely N-dealkylation sites (N-methyl/N-ethyl adjacent to an activating group) is 1. The summed E-state index contributed by atoms with van der Waals surface area (Å²) in [4.78, 5) is 12.0. The van der Waals surface area contributed by atoms with Gasteiger partial charge >= 0.3 is 0 Å². The van der Waals surface area contributed by atoms with Crippen LogP contribution in [0, 0.1) is 0 Å². The minimum absolute atomic E-state index is 0.00763. The Balaban J connectivity index is 2.26. The number of sulfonamides is 1. The maximum Gasteiger partial charge on any atom is 0.264 e. The number of ether oxygens (including phenoxy) is 1. The van der Waals surface area contributed by atoms with Crippen LogP contribution < -0.4 is 10.2 Å². The molecule has 0 aliphatic rings. The number of carbonyl (C=O) groups excluding carboxylic acids is 1. The van der Waals surface area contributed by atoms with E-state index in [1.807, 2.05) is 0 Å². The Morgan fingerprint density at radius 3 is 1.77 bits per heavy atom. The predicted octanol–water partition coefficient (Wildman–Crippen LogP) is 2.18. The summed E-state index contributed by atoms with van der Waals surface area (Å²) in [5.41, 5.74) is -0.0245. The normalized spacial score (nSPS) is 12.6. The molecule has 9 nitrogen and oxygen atoms in total.